The minimum absolute atomic E-state index is 0.0662. The first kappa shape index (κ1) is 10.8. The van der Waals surface area contributed by atoms with Crippen molar-refractivity contribution in [3.05, 3.63) is 35.9 Å². The van der Waals surface area contributed by atoms with E-state index in [2.05, 4.69) is 35.6 Å². The molecule has 1 spiro atoms. The summed E-state index contributed by atoms with van der Waals surface area (Å²) in [6, 6.07) is 10.7. The number of nitrogens with one attached hydrogen (secondary N) is 1. The van der Waals surface area contributed by atoms with Gasteiger partial charge in [0.25, 0.3) is 0 Å². The van der Waals surface area contributed by atoms with E-state index in [-0.39, 0.29) is 11.4 Å². The first-order valence-corrected chi connectivity index (χ1v) is 6.66. The quantitative estimate of drug-likeness (QED) is 0.788. The average molecular weight is 229 g/mol. The topological polar surface area (TPSA) is 29.1 Å². The van der Waals surface area contributed by atoms with E-state index < -0.39 is 0 Å². The molecule has 2 atom stereocenters. The highest BCUT2D eigenvalue weighted by atomic mass is 16.2. The van der Waals surface area contributed by atoms with Crippen LogP contribution in [-0.4, -0.2) is 11.4 Å². The number of rotatable bonds is 1. The molecule has 2 heteroatoms. The smallest absolute Gasteiger partial charge is 0.220 e. The average Bonchev–Trinajstić information content (AvgIpc) is 2.73. The summed E-state index contributed by atoms with van der Waals surface area (Å²) in [5.74, 6) is 0.761. The minimum atomic E-state index is 0.0662. The van der Waals surface area contributed by atoms with Crippen LogP contribution in [0.4, 0.5) is 0 Å². The minimum Gasteiger partial charge on any atom is -0.350 e. The van der Waals surface area contributed by atoms with Crippen molar-refractivity contribution in [1.29, 1.82) is 0 Å². The van der Waals surface area contributed by atoms with Gasteiger partial charge in [-0.1, -0.05) is 43.2 Å². The van der Waals surface area contributed by atoms with Gasteiger partial charge in [0, 0.05) is 17.9 Å². The zero-order chi connectivity index (χ0) is 11.7. The second kappa shape index (κ2) is 4.17. The van der Waals surface area contributed by atoms with E-state index in [1.165, 1.54) is 24.8 Å². The van der Waals surface area contributed by atoms with E-state index in [4.69, 9.17) is 0 Å². The van der Waals surface area contributed by atoms with E-state index in [0.29, 0.717) is 12.3 Å². The van der Waals surface area contributed by atoms with Crippen molar-refractivity contribution in [3.8, 4) is 0 Å². The summed E-state index contributed by atoms with van der Waals surface area (Å²) < 4.78 is 0. The summed E-state index contributed by atoms with van der Waals surface area (Å²) in [7, 11) is 0. The number of carbonyl (C=O) groups excluding carboxylic acids is 1. The molecule has 1 heterocycles. The van der Waals surface area contributed by atoms with Gasteiger partial charge in [-0.05, 0) is 24.8 Å². The van der Waals surface area contributed by atoms with Crippen LogP contribution in [0.15, 0.2) is 30.3 Å². The van der Waals surface area contributed by atoms with Gasteiger partial charge in [-0.3, -0.25) is 4.79 Å². The van der Waals surface area contributed by atoms with E-state index in [1.807, 2.05) is 0 Å². The predicted molar refractivity (Wildman–Crippen MR) is 67.8 cm³/mol. The van der Waals surface area contributed by atoms with Gasteiger partial charge in [0.2, 0.25) is 5.91 Å². The van der Waals surface area contributed by atoms with Gasteiger partial charge in [-0.2, -0.15) is 0 Å². The van der Waals surface area contributed by atoms with Crippen molar-refractivity contribution in [2.75, 3.05) is 0 Å². The molecule has 1 aromatic rings. The van der Waals surface area contributed by atoms with Crippen molar-refractivity contribution in [3.63, 3.8) is 0 Å². The molecule has 1 aromatic carbocycles. The van der Waals surface area contributed by atoms with E-state index in [1.54, 1.807) is 0 Å². The second-order valence-electron chi connectivity index (χ2n) is 5.41. The molecule has 1 aliphatic heterocycles. The molecule has 3 rings (SSSR count). The molecular weight excluding hydrogens is 210 g/mol. The molecule has 2 nitrogen and oxygen atoms in total. The van der Waals surface area contributed by atoms with Crippen molar-refractivity contribution in [2.45, 2.75) is 50.0 Å². The van der Waals surface area contributed by atoms with Crippen LogP contribution in [0.1, 0.15) is 50.0 Å². The van der Waals surface area contributed by atoms with E-state index >= 15 is 0 Å². The molecule has 0 aromatic heterocycles. The molecule has 2 unspecified atom stereocenters. The number of benzene rings is 1. The van der Waals surface area contributed by atoms with Crippen LogP contribution in [0.5, 0.6) is 0 Å². The molecule has 1 amide bonds. The summed E-state index contributed by atoms with van der Waals surface area (Å²) in [6.07, 6.45) is 6.64. The summed E-state index contributed by atoms with van der Waals surface area (Å²) >= 11 is 0. The van der Waals surface area contributed by atoms with Gasteiger partial charge in [0.1, 0.15) is 0 Å². The fraction of sp³-hybridized carbons (Fsp3) is 0.533. The molecule has 1 saturated carbocycles. The van der Waals surface area contributed by atoms with Gasteiger partial charge in [-0.15, -0.1) is 0 Å². The summed E-state index contributed by atoms with van der Waals surface area (Å²) in [4.78, 5) is 11.6. The zero-order valence-corrected chi connectivity index (χ0v) is 10.1. The van der Waals surface area contributed by atoms with Gasteiger partial charge in [0.15, 0.2) is 0 Å². The Morgan fingerprint density at radius 3 is 2.65 bits per heavy atom. The second-order valence-corrected chi connectivity index (χ2v) is 5.41. The third kappa shape index (κ3) is 1.86. The molecule has 90 valence electrons. The lowest BCUT2D eigenvalue weighted by molar-refractivity contribution is -0.120. The number of carbonyl (C=O) groups is 1. The van der Waals surface area contributed by atoms with Crippen LogP contribution in [0.2, 0.25) is 0 Å². The lowest BCUT2D eigenvalue weighted by Crippen LogP contribution is -2.48. The van der Waals surface area contributed by atoms with E-state index in [0.717, 1.165) is 12.8 Å². The fourth-order valence-electron chi connectivity index (χ4n) is 3.60. The summed E-state index contributed by atoms with van der Waals surface area (Å²) in [5.41, 5.74) is 1.46. The molecule has 17 heavy (non-hydrogen) atoms. The Morgan fingerprint density at radius 2 is 1.94 bits per heavy atom. The maximum Gasteiger partial charge on any atom is 0.220 e. The lowest BCUT2D eigenvalue weighted by atomic mass is 9.69. The van der Waals surface area contributed by atoms with Crippen LogP contribution in [0.3, 0.4) is 0 Å². The van der Waals surface area contributed by atoms with Gasteiger partial charge in [-0.25, -0.2) is 0 Å². The Balaban J connectivity index is 1.93. The van der Waals surface area contributed by atoms with Crippen LogP contribution in [-0.2, 0) is 4.79 Å². The van der Waals surface area contributed by atoms with Crippen molar-refractivity contribution < 1.29 is 4.79 Å². The number of hydrogen-bond donors (Lipinski definition) is 1. The maximum atomic E-state index is 11.6. The van der Waals surface area contributed by atoms with Crippen LogP contribution in [0, 0.1) is 0 Å². The highest BCUT2D eigenvalue weighted by Crippen LogP contribution is 2.45. The summed E-state index contributed by atoms with van der Waals surface area (Å²) in [6.45, 7) is 0. The molecule has 1 N–H and O–H groups in total. The number of hydrogen-bond acceptors (Lipinski definition) is 1. The van der Waals surface area contributed by atoms with Crippen molar-refractivity contribution >= 4 is 5.91 Å². The van der Waals surface area contributed by atoms with E-state index in [9.17, 15) is 4.79 Å². The Labute approximate surface area is 102 Å². The Hall–Kier alpha value is -1.31. The molecular formula is C15H19NO. The van der Waals surface area contributed by atoms with Crippen molar-refractivity contribution in [1.82, 2.24) is 5.32 Å². The largest absolute Gasteiger partial charge is 0.350 e. The third-order valence-corrected chi connectivity index (χ3v) is 4.42. The Bertz CT molecular complexity index is 414. The first-order valence-electron chi connectivity index (χ1n) is 6.66. The number of amides is 1. The lowest BCUT2D eigenvalue weighted by Gasteiger charge is -2.41. The molecule has 0 bridgehead atoms. The molecule has 2 aliphatic rings. The Morgan fingerprint density at radius 1 is 1.12 bits per heavy atom. The van der Waals surface area contributed by atoms with Gasteiger partial charge in [0.05, 0.1) is 0 Å². The molecule has 1 saturated heterocycles. The fourth-order valence-corrected chi connectivity index (χ4v) is 3.60. The van der Waals surface area contributed by atoms with Crippen LogP contribution < -0.4 is 5.32 Å². The standard InChI is InChI=1S/C15H19NO/c17-14-9-11-15(16-14)10-5-4-8-13(15)12-6-2-1-3-7-12/h1-3,6-7,13H,4-5,8-11H2,(H,16,17). The normalized spacial score (nSPS) is 32.7. The molecule has 2 fully saturated rings. The zero-order valence-electron chi connectivity index (χ0n) is 10.1. The predicted octanol–water partition coefficient (Wildman–Crippen LogP) is 2.99. The van der Waals surface area contributed by atoms with Gasteiger partial charge < -0.3 is 5.32 Å². The summed E-state index contributed by atoms with van der Waals surface area (Å²) in [5, 5.41) is 3.28. The van der Waals surface area contributed by atoms with Crippen molar-refractivity contribution in [2.24, 2.45) is 0 Å². The molecule has 1 aliphatic carbocycles. The van der Waals surface area contributed by atoms with Crippen LogP contribution >= 0.6 is 0 Å². The first-order chi connectivity index (χ1) is 8.30. The maximum absolute atomic E-state index is 11.6. The monoisotopic (exact) mass is 229 g/mol. The molecule has 0 radical (unpaired) electrons. The highest BCUT2D eigenvalue weighted by Gasteiger charge is 2.45. The van der Waals surface area contributed by atoms with Gasteiger partial charge >= 0.3 is 0 Å². The van der Waals surface area contributed by atoms with Crippen LogP contribution in [0.25, 0.3) is 0 Å². The third-order valence-electron chi connectivity index (χ3n) is 4.42. The highest BCUT2D eigenvalue weighted by molar-refractivity contribution is 5.79. The SMILES string of the molecule is O=C1CCC2(CCCCC2c2ccccc2)N1. The Kier molecular flexibility index (Phi) is 2.65.